The van der Waals surface area contributed by atoms with E-state index in [1.807, 2.05) is 35.9 Å². The number of nitrogens with zero attached hydrogens (tertiary/aromatic N) is 2. The van der Waals surface area contributed by atoms with Crippen LogP contribution in [0.5, 0.6) is 5.75 Å². The second kappa shape index (κ2) is 8.06. The van der Waals surface area contributed by atoms with Gasteiger partial charge in [0.25, 0.3) is 5.91 Å². The molecule has 2 aromatic carbocycles. The van der Waals surface area contributed by atoms with Gasteiger partial charge >= 0.3 is 0 Å². The lowest BCUT2D eigenvalue weighted by atomic mass is 10.1. The second-order valence-electron chi connectivity index (χ2n) is 6.81. The van der Waals surface area contributed by atoms with E-state index in [1.165, 1.54) is 7.11 Å². The first-order valence-electron chi connectivity index (χ1n) is 9.04. The molecule has 0 radical (unpaired) electrons. The third kappa shape index (κ3) is 4.10. The molecule has 0 saturated carbocycles. The van der Waals surface area contributed by atoms with Crippen LogP contribution >= 0.6 is 23.2 Å². The van der Waals surface area contributed by atoms with E-state index in [1.54, 1.807) is 18.2 Å². The Morgan fingerprint density at radius 2 is 2.00 bits per heavy atom. The Morgan fingerprint density at radius 3 is 2.72 bits per heavy atom. The summed E-state index contributed by atoms with van der Waals surface area (Å²) in [6.07, 6.45) is -0.144. The molecule has 1 N–H and O–H groups in total. The Labute approximate surface area is 178 Å². The van der Waals surface area contributed by atoms with Crippen LogP contribution in [0, 0.1) is 6.92 Å². The molecule has 29 heavy (non-hydrogen) atoms. The minimum atomic E-state index is -0.324. The number of aryl methyl sites for hydroxylation is 1. The molecule has 0 unspecified atom stereocenters. The highest BCUT2D eigenvalue weighted by molar-refractivity contribution is 6.31. The summed E-state index contributed by atoms with van der Waals surface area (Å²) >= 11 is 12.1. The summed E-state index contributed by atoms with van der Waals surface area (Å²) < 4.78 is 13.1. The fourth-order valence-electron chi connectivity index (χ4n) is 3.23. The summed E-state index contributed by atoms with van der Waals surface area (Å²) in [5.41, 5.74) is 3.56. The van der Waals surface area contributed by atoms with E-state index in [0.717, 1.165) is 16.8 Å². The number of ether oxygens (including phenoxy) is 2. The van der Waals surface area contributed by atoms with Gasteiger partial charge in [-0.15, -0.1) is 0 Å². The molecule has 6 nitrogen and oxygen atoms in total. The third-order valence-corrected chi connectivity index (χ3v) is 5.50. The Bertz CT molecular complexity index is 1060. The lowest BCUT2D eigenvalue weighted by Crippen LogP contribution is -2.22. The molecule has 0 aliphatic carbocycles. The van der Waals surface area contributed by atoms with Crippen molar-refractivity contribution in [1.29, 1.82) is 0 Å². The van der Waals surface area contributed by atoms with Crippen LogP contribution in [0.1, 0.15) is 33.4 Å². The Hall–Kier alpha value is -2.54. The normalized spacial score (nSPS) is 15.7. The van der Waals surface area contributed by atoms with E-state index in [9.17, 15) is 4.79 Å². The lowest BCUT2D eigenvalue weighted by Gasteiger charge is -2.24. The summed E-state index contributed by atoms with van der Waals surface area (Å²) in [6.45, 7) is 2.76. The average molecular weight is 432 g/mol. The zero-order chi connectivity index (χ0) is 20.5. The molecule has 0 fully saturated rings. The van der Waals surface area contributed by atoms with Crippen molar-refractivity contribution in [3.63, 3.8) is 0 Å². The summed E-state index contributed by atoms with van der Waals surface area (Å²) in [5, 5.41) is 8.57. The van der Waals surface area contributed by atoms with E-state index in [4.69, 9.17) is 32.7 Å². The number of halogens is 2. The molecule has 8 heteroatoms. The molecular weight excluding hydrogens is 413 g/mol. The zero-order valence-electron chi connectivity index (χ0n) is 15.9. The van der Waals surface area contributed by atoms with Crippen molar-refractivity contribution in [2.45, 2.75) is 26.2 Å². The van der Waals surface area contributed by atoms with Crippen LogP contribution < -0.4 is 10.1 Å². The van der Waals surface area contributed by atoms with Crippen LogP contribution in [0.4, 0.5) is 5.69 Å². The van der Waals surface area contributed by atoms with Gasteiger partial charge in [0.05, 0.1) is 31.6 Å². The molecule has 1 aliphatic heterocycles. The molecule has 0 saturated heterocycles. The minimum absolute atomic E-state index is 0.144. The number of benzene rings is 2. The fourth-order valence-corrected chi connectivity index (χ4v) is 3.51. The quantitative estimate of drug-likeness (QED) is 0.628. The van der Waals surface area contributed by atoms with Crippen LogP contribution in [0.2, 0.25) is 10.0 Å². The van der Waals surface area contributed by atoms with Gasteiger partial charge in [-0.1, -0.05) is 35.3 Å². The highest BCUT2D eigenvalue weighted by Crippen LogP contribution is 2.32. The van der Waals surface area contributed by atoms with Gasteiger partial charge in [0.15, 0.2) is 5.69 Å². The molecule has 3 aromatic rings. The van der Waals surface area contributed by atoms with Crippen molar-refractivity contribution in [2.24, 2.45) is 0 Å². The maximum absolute atomic E-state index is 12.8. The first-order valence-corrected chi connectivity index (χ1v) is 9.79. The first-order chi connectivity index (χ1) is 13.9. The zero-order valence-corrected chi connectivity index (χ0v) is 17.4. The number of carbonyl (C=O) groups excluding carboxylic acids is 1. The van der Waals surface area contributed by atoms with Crippen molar-refractivity contribution >= 4 is 34.8 Å². The number of methoxy groups -OCH3 is 1. The van der Waals surface area contributed by atoms with Gasteiger partial charge in [0.2, 0.25) is 0 Å². The van der Waals surface area contributed by atoms with Crippen LogP contribution in [-0.2, 0) is 17.9 Å². The van der Waals surface area contributed by atoms with E-state index in [2.05, 4.69) is 10.4 Å². The molecule has 2 heterocycles. The molecule has 1 aromatic heterocycles. The van der Waals surface area contributed by atoms with E-state index >= 15 is 0 Å². The SMILES string of the molecule is COc1cc(Cl)c(C)cc1NC(=O)c1cc2n(n1)C[C@H](c1ccc(Cl)cc1)OC2. The summed E-state index contributed by atoms with van der Waals surface area (Å²) in [4.78, 5) is 12.8. The number of anilines is 1. The fraction of sp³-hybridized carbons (Fsp3) is 0.238. The highest BCUT2D eigenvalue weighted by atomic mass is 35.5. The van der Waals surface area contributed by atoms with E-state index in [0.29, 0.717) is 40.3 Å². The van der Waals surface area contributed by atoms with Crippen molar-refractivity contribution < 1.29 is 14.3 Å². The molecule has 4 rings (SSSR count). The monoisotopic (exact) mass is 431 g/mol. The molecule has 150 valence electrons. The number of nitrogens with one attached hydrogen (secondary N) is 1. The van der Waals surface area contributed by atoms with Crippen LogP contribution in [0.3, 0.4) is 0 Å². The third-order valence-electron chi connectivity index (χ3n) is 4.84. The molecule has 1 aliphatic rings. The van der Waals surface area contributed by atoms with Gasteiger partial charge in [0, 0.05) is 16.1 Å². The first kappa shape index (κ1) is 19.8. The number of amides is 1. The van der Waals surface area contributed by atoms with Gasteiger partial charge in [0.1, 0.15) is 11.9 Å². The number of aromatic nitrogens is 2. The van der Waals surface area contributed by atoms with Gasteiger partial charge in [-0.25, -0.2) is 0 Å². The number of hydrogen-bond acceptors (Lipinski definition) is 4. The largest absolute Gasteiger partial charge is 0.495 e. The average Bonchev–Trinajstić information content (AvgIpc) is 3.14. The predicted molar refractivity (Wildman–Crippen MR) is 112 cm³/mol. The Morgan fingerprint density at radius 1 is 1.24 bits per heavy atom. The maximum Gasteiger partial charge on any atom is 0.276 e. The maximum atomic E-state index is 12.8. The van der Waals surface area contributed by atoms with Crippen molar-refractivity contribution in [3.8, 4) is 5.75 Å². The summed E-state index contributed by atoms with van der Waals surface area (Å²) in [6, 6.07) is 12.7. The Kier molecular flexibility index (Phi) is 5.50. The number of fused-ring (bicyclic) bond motifs is 1. The van der Waals surface area contributed by atoms with Gasteiger partial charge in [-0.05, 0) is 42.3 Å². The topological polar surface area (TPSA) is 65.4 Å². The molecule has 0 spiro atoms. The van der Waals surface area contributed by atoms with Crippen molar-refractivity contribution in [2.75, 3.05) is 12.4 Å². The van der Waals surface area contributed by atoms with Crippen molar-refractivity contribution in [1.82, 2.24) is 9.78 Å². The standard InChI is InChI=1S/C21H19Cl2N3O3/c1-12-7-17(19(28-2)9-16(12)23)24-21(27)18-8-15-11-29-20(10-26(15)25-18)13-3-5-14(22)6-4-13/h3-9,20H,10-11H2,1-2H3,(H,24,27)/t20-/m1/s1. The van der Waals surface area contributed by atoms with Crippen LogP contribution in [0.25, 0.3) is 0 Å². The number of rotatable bonds is 4. The van der Waals surface area contributed by atoms with Gasteiger partial charge < -0.3 is 14.8 Å². The highest BCUT2D eigenvalue weighted by Gasteiger charge is 2.24. The lowest BCUT2D eigenvalue weighted by molar-refractivity contribution is -0.00118. The summed E-state index contributed by atoms with van der Waals surface area (Å²) in [5.74, 6) is 0.166. The smallest absolute Gasteiger partial charge is 0.276 e. The van der Waals surface area contributed by atoms with E-state index < -0.39 is 0 Å². The molecule has 0 bridgehead atoms. The van der Waals surface area contributed by atoms with Crippen LogP contribution in [0.15, 0.2) is 42.5 Å². The molecular formula is C21H19Cl2N3O3. The second-order valence-corrected chi connectivity index (χ2v) is 7.65. The Balaban J connectivity index is 1.53. The number of carbonyl (C=O) groups is 1. The molecule has 1 atom stereocenters. The summed E-state index contributed by atoms with van der Waals surface area (Å²) in [7, 11) is 1.53. The van der Waals surface area contributed by atoms with E-state index in [-0.39, 0.29) is 12.0 Å². The minimum Gasteiger partial charge on any atom is -0.495 e. The van der Waals surface area contributed by atoms with Gasteiger partial charge in [-0.2, -0.15) is 5.10 Å². The van der Waals surface area contributed by atoms with Crippen molar-refractivity contribution in [3.05, 3.63) is 75.0 Å². The van der Waals surface area contributed by atoms with Crippen LogP contribution in [-0.4, -0.2) is 22.8 Å². The van der Waals surface area contributed by atoms with Gasteiger partial charge in [-0.3, -0.25) is 9.48 Å². The predicted octanol–water partition coefficient (Wildman–Crippen LogP) is 5.03. The molecule has 1 amide bonds. The number of hydrogen-bond donors (Lipinski definition) is 1.